The quantitative estimate of drug-likeness (QED) is 0.938. The van der Waals surface area contributed by atoms with Crippen LogP contribution in [-0.4, -0.2) is 20.9 Å². The largest absolute Gasteiger partial charge is 0.299 e. The van der Waals surface area contributed by atoms with E-state index in [4.69, 9.17) is 0 Å². The number of carbonyl (C=O) groups is 1. The molecule has 20 heavy (non-hydrogen) atoms. The van der Waals surface area contributed by atoms with E-state index in [0.717, 1.165) is 30.6 Å². The molecule has 0 spiro atoms. The molecule has 104 valence electrons. The highest BCUT2D eigenvalue weighted by molar-refractivity contribution is 8.01. The molecular formula is C14H15N3OS2. The van der Waals surface area contributed by atoms with Gasteiger partial charge in [-0.1, -0.05) is 42.4 Å². The molecule has 1 aliphatic carbocycles. The number of nitrogens with zero attached hydrogens (tertiary/aromatic N) is 2. The maximum Gasteiger partial charge on any atom is 0.242 e. The van der Waals surface area contributed by atoms with Crippen LogP contribution in [0.1, 0.15) is 25.7 Å². The van der Waals surface area contributed by atoms with Crippen LogP contribution in [0, 0.1) is 0 Å². The third kappa shape index (κ3) is 2.86. The van der Waals surface area contributed by atoms with E-state index >= 15 is 0 Å². The number of amides is 1. The minimum atomic E-state index is -0.368. The van der Waals surface area contributed by atoms with Crippen LogP contribution in [0.2, 0.25) is 0 Å². The van der Waals surface area contributed by atoms with Gasteiger partial charge in [0.05, 0.1) is 4.75 Å². The molecule has 3 rings (SSSR count). The first kappa shape index (κ1) is 13.6. The summed E-state index contributed by atoms with van der Waals surface area (Å²) in [4.78, 5) is 13.8. The van der Waals surface area contributed by atoms with Gasteiger partial charge in [0.2, 0.25) is 11.0 Å². The molecule has 2 aromatic rings. The second kappa shape index (κ2) is 5.93. The molecule has 1 aromatic heterocycles. The highest BCUT2D eigenvalue weighted by Crippen LogP contribution is 2.46. The Hall–Kier alpha value is -1.40. The fraction of sp³-hybridized carbons (Fsp3) is 0.357. The van der Waals surface area contributed by atoms with Gasteiger partial charge in [-0.25, -0.2) is 0 Å². The van der Waals surface area contributed by atoms with Crippen molar-refractivity contribution in [2.45, 2.75) is 35.3 Å². The molecule has 0 radical (unpaired) electrons. The topological polar surface area (TPSA) is 54.9 Å². The van der Waals surface area contributed by atoms with Gasteiger partial charge < -0.3 is 0 Å². The maximum atomic E-state index is 12.6. The normalized spacial score (nSPS) is 17.0. The Kier molecular flexibility index (Phi) is 4.03. The van der Waals surface area contributed by atoms with Gasteiger partial charge in [-0.2, -0.15) is 0 Å². The van der Waals surface area contributed by atoms with E-state index in [2.05, 4.69) is 27.6 Å². The number of nitrogens with one attached hydrogen (secondary N) is 1. The van der Waals surface area contributed by atoms with Gasteiger partial charge in [0.1, 0.15) is 5.51 Å². The molecule has 0 atom stereocenters. The monoisotopic (exact) mass is 305 g/mol. The van der Waals surface area contributed by atoms with E-state index in [1.807, 2.05) is 18.2 Å². The Bertz CT molecular complexity index is 565. The maximum absolute atomic E-state index is 12.6. The summed E-state index contributed by atoms with van der Waals surface area (Å²) < 4.78 is -0.368. The van der Waals surface area contributed by atoms with Gasteiger partial charge in [-0.3, -0.25) is 10.1 Å². The Labute approximate surface area is 126 Å². The molecule has 1 N–H and O–H groups in total. The van der Waals surface area contributed by atoms with Gasteiger partial charge >= 0.3 is 0 Å². The Morgan fingerprint density at radius 2 is 2.00 bits per heavy atom. The number of thioether (sulfide) groups is 1. The van der Waals surface area contributed by atoms with Gasteiger partial charge in [0.25, 0.3) is 0 Å². The van der Waals surface area contributed by atoms with Crippen molar-refractivity contribution in [1.82, 2.24) is 10.2 Å². The Morgan fingerprint density at radius 1 is 1.25 bits per heavy atom. The van der Waals surface area contributed by atoms with E-state index in [9.17, 15) is 4.79 Å². The van der Waals surface area contributed by atoms with Crippen LogP contribution < -0.4 is 5.32 Å². The number of hydrogen-bond acceptors (Lipinski definition) is 5. The zero-order valence-corrected chi connectivity index (χ0v) is 12.5. The summed E-state index contributed by atoms with van der Waals surface area (Å²) in [5, 5.41) is 11.1. The van der Waals surface area contributed by atoms with E-state index < -0.39 is 0 Å². The highest BCUT2D eigenvalue weighted by Gasteiger charge is 2.42. The van der Waals surface area contributed by atoms with Crippen LogP contribution >= 0.6 is 23.1 Å². The highest BCUT2D eigenvalue weighted by atomic mass is 32.2. The lowest BCUT2D eigenvalue weighted by molar-refractivity contribution is -0.118. The third-order valence-corrected chi connectivity index (χ3v) is 5.56. The molecule has 0 unspecified atom stereocenters. The summed E-state index contributed by atoms with van der Waals surface area (Å²) in [6, 6.07) is 10.1. The van der Waals surface area contributed by atoms with Crippen molar-refractivity contribution in [1.29, 1.82) is 0 Å². The van der Waals surface area contributed by atoms with Crippen molar-refractivity contribution in [3.63, 3.8) is 0 Å². The summed E-state index contributed by atoms with van der Waals surface area (Å²) in [5.41, 5.74) is 1.63. The predicted molar refractivity (Wildman–Crippen MR) is 82.0 cm³/mol. The second-order valence-corrected chi connectivity index (χ2v) is 7.10. The van der Waals surface area contributed by atoms with Gasteiger partial charge in [0.15, 0.2) is 0 Å². The minimum absolute atomic E-state index is 0.0561. The van der Waals surface area contributed by atoms with Crippen LogP contribution in [0.5, 0.6) is 0 Å². The van der Waals surface area contributed by atoms with Crippen LogP contribution in [0.15, 0.2) is 40.7 Å². The van der Waals surface area contributed by atoms with Crippen LogP contribution in [0.3, 0.4) is 0 Å². The standard InChI is InChI=1S/C14H15N3OS2/c18-12(16-13-17-15-10-19-13)14(8-4-5-9-14)20-11-6-2-1-3-7-11/h1-3,6-7,10H,4-5,8-9H2,(H,16,17,18). The zero-order chi connectivity index (χ0) is 13.8. The second-order valence-electron chi connectivity index (χ2n) is 4.81. The van der Waals surface area contributed by atoms with Crippen LogP contribution in [-0.2, 0) is 4.79 Å². The molecule has 4 nitrogen and oxygen atoms in total. The number of aromatic nitrogens is 2. The smallest absolute Gasteiger partial charge is 0.242 e. The molecule has 0 saturated heterocycles. The average Bonchev–Trinajstić information content (AvgIpc) is 3.12. The Morgan fingerprint density at radius 3 is 2.65 bits per heavy atom. The van der Waals surface area contributed by atoms with Crippen molar-refractivity contribution in [3.8, 4) is 0 Å². The average molecular weight is 305 g/mol. The fourth-order valence-electron chi connectivity index (χ4n) is 2.47. The van der Waals surface area contributed by atoms with Crippen LogP contribution in [0.4, 0.5) is 5.13 Å². The van der Waals surface area contributed by atoms with Crippen molar-refractivity contribution in [2.24, 2.45) is 0 Å². The molecule has 1 heterocycles. The first-order valence-corrected chi connectivity index (χ1v) is 8.30. The van der Waals surface area contributed by atoms with Gasteiger partial charge in [-0.15, -0.1) is 22.0 Å². The molecule has 1 saturated carbocycles. The van der Waals surface area contributed by atoms with Gasteiger partial charge in [0, 0.05) is 4.90 Å². The third-order valence-electron chi connectivity index (χ3n) is 3.46. The summed E-state index contributed by atoms with van der Waals surface area (Å²) in [6.45, 7) is 0. The van der Waals surface area contributed by atoms with Gasteiger partial charge in [-0.05, 0) is 25.0 Å². The molecule has 0 aliphatic heterocycles. The minimum Gasteiger partial charge on any atom is -0.299 e. The predicted octanol–water partition coefficient (Wildman–Crippen LogP) is 3.58. The molecule has 6 heteroatoms. The first-order chi connectivity index (χ1) is 9.78. The number of rotatable bonds is 4. The molecular weight excluding hydrogens is 290 g/mol. The molecule has 1 aromatic carbocycles. The van der Waals surface area contributed by atoms with Crippen molar-refractivity contribution in [3.05, 3.63) is 35.8 Å². The lowest BCUT2D eigenvalue weighted by atomic mass is 10.1. The van der Waals surface area contributed by atoms with Crippen molar-refractivity contribution < 1.29 is 4.79 Å². The number of anilines is 1. The molecule has 0 bridgehead atoms. The van der Waals surface area contributed by atoms with E-state index in [1.54, 1.807) is 17.3 Å². The fourth-order valence-corrected chi connectivity index (χ4v) is 4.30. The molecule has 1 amide bonds. The zero-order valence-electron chi connectivity index (χ0n) is 10.9. The van der Waals surface area contributed by atoms with Crippen molar-refractivity contribution in [2.75, 3.05) is 5.32 Å². The Balaban J connectivity index is 1.79. The van der Waals surface area contributed by atoms with Crippen molar-refractivity contribution >= 4 is 34.1 Å². The van der Waals surface area contributed by atoms with E-state index in [-0.39, 0.29) is 10.7 Å². The van der Waals surface area contributed by atoms with E-state index in [0.29, 0.717) is 5.13 Å². The summed E-state index contributed by atoms with van der Waals surface area (Å²) >= 11 is 3.02. The number of benzene rings is 1. The first-order valence-electron chi connectivity index (χ1n) is 6.60. The lowest BCUT2D eigenvalue weighted by Crippen LogP contribution is -2.37. The van der Waals surface area contributed by atoms with E-state index in [1.165, 1.54) is 11.3 Å². The lowest BCUT2D eigenvalue weighted by Gasteiger charge is -2.26. The summed E-state index contributed by atoms with van der Waals surface area (Å²) in [5.74, 6) is 0.0561. The molecule has 1 fully saturated rings. The summed E-state index contributed by atoms with van der Waals surface area (Å²) in [7, 11) is 0. The number of carbonyl (C=O) groups excluding carboxylic acids is 1. The molecule has 1 aliphatic rings. The van der Waals surface area contributed by atoms with Crippen LogP contribution in [0.25, 0.3) is 0 Å². The SMILES string of the molecule is O=C(Nc1nncs1)C1(Sc2ccccc2)CCCC1. The summed E-state index contributed by atoms with van der Waals surface area (Å²) in [6.07, 6.45) is 4.03. The number of hydrogen-bond donors (Lipinski definition) is 1.